The first-order valence-electron chi connectivity index (χ1n) is 36.6. The van der Waals surface area contributed by atoms with E-state index in [0.29, 0.717) is 22.6 Å². The summed E-state index contributed by atoms with van der Waals surface area (Å²) in [4.78, 5) is 25.4. The molecule has 0 saturated carbocycles. The molecule has 14 aromatic carbocycles. The highest BCUT2D eigenvalue weighted by atomic mass is 15.2. The molecule has 2 spiro atoms. The zero-order chi connectivity index (χ0) is 73.3. The second kappa shape index (κ2) is 24.6. The summed E-state index contributed by atoms with van der Waals surface area (Å²) in [7, 11) is 0. The maximum Gasteiger partial charge on any atom is 0.202 e. The quantitative estimate of drug-likeness (QED) is 0.155. The van der Waals surface area contributed by atoms with Crippen LogP contribution in [0.3, 0.4) is 0 Å². The van der Waals surface area contributed by atoms with Crippen LogP contribution in [0.5, 0.6) is 0 Å². The fraction of sp³-hybridized carbons (Fsp3) is 0.0200. The lowest BCUT2D eigenvalue weighted by molar-refractivity contribution is 0.752. The Balaban J connectivity index is 0.000000140. The zero-order valence-electron chi connectivity index (χ0n) is 59.0. The number of benzene rings is 14. The largest absolute Gasteiger partial charge is 0.310 e. The topological polar surface area (TPSA) is 79.0 Å². The first-order chi connectivity index (χ1) is 54.4. The predicted molar refractivity (Wildman–Crippen MR) is 443 cm³/mol. The van der Waals surface area contributed by atoms with Crippen LogP contribution < -0.4 is 9.80 Å². The van der Waals surface area contributed by atoms with Gasteiger partial charge in [0.2, 0.25) is 5.69 Å². The average molecular weight is 1400 g/mol. The molecule has 0 atom stereocenters. The van der Waals surface area contributed by atoms with Crippen molar-refractivity contribution < 1.29 is 0 Å². The van der Waals surface area contributed by atoms with Crippen molar-refractivity contribution in [1.29, 1.82) is 5.26 Å². The monoisotopic (exact) mass is 1400 g/mol. The van der Waals surface area contributed by atoms with Gasteiger partial charge in [-0.15, -0.1) is 0 Å². The minimum Gasteiger partial charge on any atom is -0.310 e. The van der Waals surface area contributed by atoms with E-state index in [0.717, 1.165) is 111 Å². The van der Waals surface area contributed by atoms with Gasteiger partial charge in [-0.2, -0.15) is 5.26 Å². The summed E-state index contributed by atoms with van der Waals surface area (Å²) in [6.07, 6.45) is 7.55. The molecule has 4 aliphatic rings. The molecule has 110 heavy (non-hydrogen) atoms. The van der Waals surface area contributed by atoms with Gasteiger partial charge in [-0.1, -0.05) is 231 Å². The Bertz CT molecular complexity index is 6870. The second-order valence-electron chi connectivity index (χ2n) is 28.2. The molecule has 4 aromatic heterocycles. The van der Waals surface area contributed by atoms with E-state index >= 15 is 0 Å². The number of rotatable bonds is 6. The highest BCUT2D eigenvalue weighted by molar-refractivity contribution is 6.11. The molecule has 2 aliphatic heterocycles. The molecule has 0 fully saturated rings. The number of aromatic nitrogens is 4. The number of para-hydroxylation sites is 7. The van der Waals surface area contributed by atoms with Crippen molar-refractivity contribution in [2.45, 2.75) is 10.8 Å². The molecule has 0 unspecified atom stereocenters. The van der Waals surface area contributed by atoms with Crippen LogP contribution in [0.4, 0.5) is 51.2 Å². The fourth-order valence-electron chi connectivity index (χ4n) is 18.8. The molecule has 508 valence electrons. The van der Waals surface area contributed by atoms with E-state index in [1.165, 1.54) is 66.8 Å². The van der Waals surface area contributed by atoms with Crippen LogP contribution in [0.25, 0.3) is 114 Å². The summed E-state index contributed by atoms with van der Waals surface area (Å²) in [5.41, 5.74) is 31.1. The zero-order valence-corrected chi connectivity index (χ0v) is 59.0. The molecule has 0 saturated heterocycles. The van der Waals surface area contributed by atoms with E-state index in [-0.39, 0.29) is 0 Å². The minimum absolute atomic E-state index is 0.344. The van der Waals surface area contributed by atoms with Gasteiger partial charge in [0.25, 0.3) is 0 Å². The lowest BCUT2D eigenvalue weighted by Gasteiger charge is -2.45. The fourth-order valence-corrected chi connectivity index (χ4v) is 18.8. The second-order valence-corrected chi connectivity index (χ2v) is 28.2. The van der Waals surface area contributed by atoms with Crippen LogP contribution in [-0.4, -0.2) is 19.1 Å². The third-order valence-corrected chi connectivity index (χ3v) is 23.0. The third kappa shape index (κ3) is 8.88. The van der Waals surface area contributed by atoms with E-state index < -0.39 is 10.8 Å². The molecule has 10 heteroatoms. The number of pyridine rings is 2. The van der Waals surface area contributed by atoms with Gasteiger partial charge < -0.3 is 18.9 Å². The Morgan fingerprint density at radius 1 is 0.291 bits per heavy atom. The minimum atomic E-state index is -0.529. The van der Waals surface area contributed by atoms with Crippen molar-refractivity contribution in [2.24, 2.45) is 0 Å². The lowest BCUT2D eigenvalue weighted by atomic mass is 9.64. The van der Waals surface area contributed by atoms with E-state index in [1.807, 2.05) is 43.0 Å². The van der Waals surface area contributed by atoms with Gasteiger partial charge in [-0.05, 0) is 186 Å². The molecular weight excluding hydrogens is 1340 g/mol. The Morgan fingerprint density at radius 3 is 1.05 bits per heavy atom. The third-order valence-electron chi connectivity index (χ3n) is 23.0. The van der Waals surface area contributed by atoms with E-state index in [4.69, 9.17) is 19.7 Å². The van der Waals surface area contributed by atoms with Crippen LogP contribution in [0.1, 0.15) is 50.1 Å². The molecule has 0 radical (unpaired) electrons. The molecule has 0 bridgehead atoms. The van der Waals surface area contributed by atoms with Crippen molar-refractivity contribution in [3.05, 3.63) is 437 Å². The summed E-state index contributed by atoms with van der Waals surface area (Å²) in [6.45, 7) is 24.3. The number of anilines is 6. The van der Waals surface area contributed by atoms with Gasteiger partial charge in [0.05, 0.1) is 81.4 Å². The summed E-state index contributed by atoms with van der Waals surface area (Å²) in [5, 5.41) is 14.1. The Hall–Kier alpha value is -15.5. The number of fused-ring (bicyclic) bond motifs is 24. The van der Waals surface area contributed by atoms with Crippen LogP contribution in [0.2, 0.25) is 0 Å². The summed E-state index contributed by atoms with van der Waals surface area (Å²) in [5.74, 6) is 0. The molecule has 18 aromatic rings. The number of hydrogen-bond acceptors (Lipinski definition) is 5. The van der Waals surface area contributed by atoms with Crippen molar-refractivity contribution in [3.8, 4) is 62.0 Å². The molecule has 6 heterocycles. The van der Waals surface area contributed by atoms with Gasteiger partial charge in [-0.25, -0.2) is 9.69 Å². The highest BCUT2D eigenvalue weighted by Gasteiger charge is 2.53. The average Bonchev–Trinajstić information content (AvgIpc) is 1.47. The standard InChI is InChI=1S/2C50H29N5/c1-51-44-22-13-17-35(49(44)52-2)32-28-33(54-45-23-10-5-16-38(45)39-31-53-27-26-46(39)54)30-34(29-32)55-47-24-11-8-20-42(47)50(43-21-9-12-25-48(43)55)40-18-6-3-14-36(40)37-15-4-7-19-41(37)50;1-52-45-26-32(30-51)22-23-36(45)33-27-34(54-46-19-9-4-14-39(46)40-31-53-25-24-47(40)54)29-35(28-33)55-48-20-10-7-17-43(48)50(44-18-8-11-21-49(44)55)41-15-5-2-12-37(41)38-13-3-6-16-42(38)50/h3-31H;2-29,31H. The normalized spacial score (nSPS) is 13.2. The number of hydrogen-bond donors (Lipinski definition) is 0. The van der Waals surface area contributed by atoms with Crippen molar-refractivity contribution in [1.82, 2.24) is 19.1 Å². The first-order valence-corrected chi connectivity index (χ1v) is 36.6. The predicted octanol–water partition coefficient (Wildman–Crippen LogP) is 25.5. The first kappa shape index (κ1) is 63.1. The van der Waals surface area contributed by atoms with Crippen LogP contribution in [-0.2, 0) is 10.8 Å². The molecule has 2 aliphatic carbocycles. The molecule has 0 N–H and O–H groups in total. The molecule has 22 rings (SSSR count). The smallest absolute Gasteiger partial charge is 0.202 e. The summed E-state index contributed by atoms with van der Waals surface area (Å²) >= 11 is 0. The summed E-state index contributed by atoms with van der Waals surface area (Å²) in [6, 6.07) is 118. The Labute approximate surface area is 634 Å². The van der Waals surface area contributed by atoms with Crippen molar-refractivity contribution in [2.75, 3.05) is 9.80 Å². The number of nitrogens with zero attached hydrogens (tertiary/aromatic N) is 10. The van der Waals surface area contributed by atoms with Crippen molar-refractivity contribution in [3.63, 3.8) is 0 Å². The van der Waals surface area contributed by atoms with E-state index in [1.54, 1.807) is 18.2 Å². The van der Waals surface area contributed by atoms with E-state index in [9.17, 15) is 5.26 Å². The Morgan fingerprint density at radius 2 is 0.645 bits per heavy atom. The molecule has 10 nitrogen and oxygen atoms in total. The van der Waals surface area contributed by atoms with Gasteiger partial charge in [0.15, 0.2) is 11.4 Å². The van der Waals surface area contributed by atoms with Gasteiger partial charge in [-0.3, -0.25) is 14.8 Å². The maximum atomic E-state index is 9.73. The SMILES string of the molecule is [C-]#[N+]c1cc(C#N)ccc1-c1cc(N2c3ccccc3C3(c4ccccc4-c4ccccc43)c3ccccc32)cc(-n2c3ccccc3c3cnccc32)c1.[C-]#[N+]c1cccc(-c2cc(N3c4ccccc4C4(c5ccccc5-c5ccccc54)c4ccccc43)cc(-n3c4ccccc4c4cnccc43)c2)c1[N+]#[C-]. The molecular formula is C100H58N10. The van der Waals surface area contributed by atoms with Crippen LogP contribution in [0, 0.1) is 31.0 Å². The Kier molecular flexibility index (Phi) is 14.1. The lowest BCUT2D eigenvalue weighted by Crippen LogP contribution is -2.36. The van der Waals surface area contributed by atoms with Gasteiger partial charge >= 0.3 is 0 Å². The molecule has 0 amide bonds. The maximum absolute atomic E-state index is 9.73. The van der Waals surface area contributed by atoms with Gasteiger partial charge in [0, 0.05) is 74.6 Å². The van der Waals surface area contributed by atoms with Crippen molar-refractivity contribution >= 4 is 94.8 Å². The van der Waals surface area contributed by atoms with Crippen LogP contribution >= 0.6 is 0 Å². The number of nitriles is 1. The van der Waals surface area contributed by atoms with Gasteiger partial charge in [0.1, 0.15) is 0 Å². The summed E-state index contributed by atoms with van der Waals surface area (Å²) < 4.78 is 4.59. The highest BCUT2D eigenvalue weighted by Crippen LogP contribution is 2.66. The van der Waals surface area contributed by atoms with Crippen LogP contribution in [0.15, 0.2) is 352 Å². The van der Waals surface area contributed by atoms with E-state index in [2.05, 4.69) is 341 Å².